The zero-order chi connectivity index (χ0) is 20.9. The van der Waals surface area contributed by atoms with E-state index >= 15 is 0 Å². The highest BCUT2D eigenvalue weighted by Gasteiger charge is 2.39. The molecule has 1 unspecified atom stereocenters. The van der Waals surface area contributed by atoms with Crippen LogP contribution in [-0.2, 0) is 16.0 Å². The third kappa shape index (κ3) is 5.27. The summed E-state index contributed by atoms with van der Waals surface area (Å²) >= 11 is 1.67. The second-order valence-corrected chi connectivity index (χ2v) is 9.20. The quantitative estimate of drug-likeness (QED) is 0.593. The molecule has 1 aromatic rings. The van der Waals surface area contributed by atoms with Crippen molar-refractivity contribution in [3.8, 4) is 0 Å². The molecule has 0 radical (unpaired) electrons. The molecular formula is C24H32N2O2S. The van der Waals surface area contributed by atoms with Crippen molar-refractivity contribution in [3.63, 3.8) is 0 Å². The second-order valence-electron chi connectivity index (χ2n) is 8.42. The lowest BCUT2D eigenvalue weighted by Gasteiger charge is -2.41. The number of thiophene rings is 1. The molecule has 3 atom stereocenters. The summed E-state index contributed by atoms with van der Waals surface area (Å²) in [7, 11) is 0. The van der Waals surface area contributed by atoms with Gasteiger partial charge in [-0.2, -0.15) is 11.3 Å². The van der Waals surface area contributed by atoms with Crippen LogP contribution < -0.4 is 5.32 Å². The second kappa shape index (κ2) is 9.57. The van der Waals surface area contributed by atoms with Gasteiger partial charge in [-0.15, -0.1) is 13.2 Å². The fourth-order valence-electron chi connectivity index (χ4n) is 4.79. The van der Waals surface area contributed by atoms with E-state index in [1.165, 1.54) is 11.1 Å². The fourth-order valence-corrected chi connectivity index (χ4v) is 5.46. The molecule has 0 saturated carbocycles. The first-order chi connectivity index (χ1) is 14.0. The molecule has 1 aromatic heterocycles. The number of hydrogen-bond donors (Lipinski definition) is 1. The van der Waals surface area contributed by atoms with Crippen LogP contribution in [0.15, 0.2) is 53.8 Å². The molecule has 0 aromatic carbocycles. The van der Waals surface area contributed by atoms with Crippen molar-refractivity contribution in [2.75, 3.05) is 0 Å². The van der Waals surface area contributed by atoms with Gasteiger partial charge in [0, 0.05) is 24.4 Å². The van der Waals surface area contributed by atoms with E-state index < -0.39 is 0 Å². The first-order valence-electron chi connectivity index (χ1n) is 10.5. The molecule has 2 amide bonds. The fraction of sp³-hybridized carbons (Fsp3) is 0.500. The van der Waals surface area contributed by atoms with Crippen LogP contribution in [0.3, 0.4) is 0 Å². The summed E-state index contributed by atoms with van der Waals surface area (Å²) in [6, 6.07) is 2.32. The van der Waals surface area contributed by atoms with Gasteiger partial charge < -0.3 is 10.2 Å². The van der Waals surface area contributed by atoms with Gasteiger partial charge in [-0.1, -0.05) is 23.8 Å². The summed E-state index contributed by atoms with van der Waals surface area (Å²) in [5.41, 5.74) is 2.25. The van der Waals surface area contributed by atoms with Gasteiger partial charge in [0.15, 0.2) is 0 Å². The van der Waals surface area contributed by atoms with Crippen LogP contribution in [-0.4, -0.2) is 34.3 Å². The van der Waals surface area contributed by atoms with Crippen LogP contribution in [0.25, 0.3) is 0 Å². The molecule has 0 spiro atoms. The van der Waals surface area contributed by atoms with Crippen LogP contribution in [0, 0.1) is 0 Å². The lowest BCUT2D eigenvalue weighted by atomic mass is 9.85. The molecule has 29 heavy (non-hydrogen) atoms. The van der Waals surface area contributed by atoms with Crippen molar-refractivity contribution in [3.05, 3.63) is 59.3 Å². The van der Waals surface area contributed by atoms with Crippen molar-refractivity contribution in [1.82, 2.24) is 10.2 Å². The Labute approximate surface area is 178 Å². The van der Waals surface area contributed by atoms with Crippen molar-refractivity contribution in [2.24, 2.45) is 0 Å². The van der Waals surface area contributed by atoms with E-state index in [1.807, 2.05) is 17.1 Å². The number of hydrogen-bond acceptors (Lipinski definition) is 3. The average Bonchev–Trinajstić information content (AvgIpc) is 3.30. The highest BCUT2D eigenvalue weighted by atomic mass is 32.1. The van der Waals surface area contributed by atoms with Crippen molar-refractivity contribution in [1.29, 1.82) is 0 Å². The number of carbonyl (C=O) groups is 2. The Balaban J connectivity index is 1.74. The van der Waals surface area contributed by atoms with E-state index in [9.17, 15) is 9.59 Å². The average molecular weight is 413 g/mol. The van der Waals surface area contributed by atoms with E-state index in [2.05, 4.69) is 48.3 Å². The van der Waals surface area contributed by atoms with Crippen molar-refractivity contribution in [2.45, 2.75) is 75.9 Å². The SMILES string of the molecule is C=CC[C@H]1CC(C)=C[C@H](CC=C)N1C(=O)CCC1(Cc2ccsc2)CCC(=O)N1. The maximum absolute atomic E-state index is 13.4. The van der Waals surface area contributed by atoms with Crippen LogP contribution in [0.5, 0.6) is 0 Å². The molecule has 0 aliphatic carbocycles. The molecule has 1 saturated heterocycles. The highest BCUT2D eigenvalue weighted by molar-refractivity contribution is 7.07. The maximum Gasteiger partial charge on any atom is 0.223 e. The van der Waals surface area contributed by atoms with Crippen LogP contribution in [0.1, 0.15) is 57.4 Å². The Morgan fingerprint density at radius 1 is 1.38 bits per heavy atom. The Kier molecular flexibility index (Phi) is 7.12. The highest BCUT2D eigenvalue weighted by Crippen LogP contribution is 2.32. The minimum absolute atomic E-state index is 0.0599. The molecule has 3 rings (SSSR count). The van der Waals surface area contributed by atoms with Gasteiger partial charge in [-0.3, -0.25) is 9.59 Å². The maximum atomic E-state index is 13.4. The zero-order valence-corrected chi connectivity index (χ0v) is 18.2. The largest absolute Gasteiger partial charge is 0.350 e. The lowest BCUT2D eigenvalue weighted by molar-refractivity contribution is -0.136. The summed E-state index contributed by atoms with van der Waals surface area (Å²) in [4.78, 5) is 27.4. The van der Waals surface area contributed by atoms with Crippen LogP contribution >= 0.6 is 11.3 Å². The van der Waals surface area contributed by atoms with Crippen molar-refractivity contribution < 1.29 is 9.59 Å². The molecule has 5 heteroatoms. The van der Waals surface area contributed by atoms with Gasteiger partial charge in [-0.05, 0) is 67.8 Å². The Hall–Kier alpha value is -2.14. The Morgan fingerprint density at radius 2 is 2.17 bits per heavy atom. The van der Waals surface area contributed by atoms with E-state index in [4.69, 9.17) is 0 Å². The number of nitrogens with one attached hydrogen (secondary N) is 1. The molecule has 156 valence electrons. The normalized spacial score (nSPS) is 26.7. The van der Waals surface area contributed by atoms with Crippen LogP contribution in [0.4, 0.5) is 0 Å². The number of rotatable bonds is 9. The molecule has 3 heterocycles. The summed E-state index contributed by atoms with van der Waals surface area (Å²) < 4.78 is 0. The predicted octanol–water partition coefficient (Wildman–Crippen LogP) is 4.79. The van der Waals surface area contributed by atoms with Crippen LogP contribution in [0.2, 0.25) is 0 Å². The summed E-state index contributed by atoms with van der Waals surface area (Å²) in [6.07, 6.45) is 11.7. The molecule has 2 aliphatic rings. The van der Waals surface area contributed by atoms with E-state index in [-0.39, 0.29) is 29.4 Å². The number of nitrogens with zero attached hydrogens (tertiary/aromatic N) is 1. The van der Waals surface area contributed by atoms with E-state index in [0.29, 0.717) is 19.3 Å². The third-order valence-corrected chi connectivity index (χ3v) is 6.83. The van der Waals surface area contributed by atoms with Gasteiger partial charge in [0.2, 0.25) is 11.8 Å². The first kappa shape index (κ1) is 21.6. The molecule has 1 N–H and O–H groups in total. The Morgan fingerprint density at radius 3 is 2.79 bits per heavy atom. The molecule has 4 nitrogen and oxygen atoms in total. The van der Waals surface area contributed by atoms with E-state index in [1.54, 1.807) is 11.3 Å². The molecular weight excluding hydrogens is 380 g/mol. The lowest BCUT2D eigenvalue weighted by Crippen LogP contribution is -2.50. The molecule has 2 aliphatic heterocycles. The van der Waals surface area contributed by atoms with Gasteiger partial charge >= 0.3 is 0 Å². The zero-order valence-electron chi connectivity index (χ0n) is 17.4. The first-order valence-corrected chi connectivity index (χ1v) is 11.4. The van der Waals surface area contributed by atoms with Gasteiger partial charge in [0.1, 0.15) is 0 Å². The molecule has 0 bridgehead atoms. The smallest absolute Gasteiger partial charge is 0.223 e. The van der Waals surface area contributed by atoms with Gasteiger partial charge in [0.05, 0.1) is 6.04 Å². The summed E-state index contributed by atoms with van der Waals surface area (Å²) in [6.45, 7) is 9.91. The topological polar surface area (TPSA) is 49.4 Å². The summed E-state index contributed by atoms with van der Waals surface area (Å²) in [5, 5.41) is 7.39. The standard InChI is InChI=1S/C24H32N2O2S/c1-4-6-20-14-18(3)15-21(7-5-2)26(20)23(28)9-12-24(11-8-22(27)25-24)16-19-10-13-29-17-19/h4-5,10,13-14,17,20-21H,1-2,6-9,11-12,15-16H2,3H3,(H,25,27)/t20-,21-,24?/m0/s1. The minimum atomic E-state index is -0.308. The molecule has 1 fully saturated rings. The van der Waals surface area contributed by atoms with Gasteiger partial charge in [-0.25, -0.2) is 0 Å². The van der Waals surface area contributed by atoms with E-state index in [0.717, 1.165) is 32.1 Å². The Bertz CT molecular complexity index is 783. The number of amides is 2. The van der Waals surface area contributed by atoms with Crippen molar-refractivity contribution >= 4 is 23.2 Å². The third-order valence-electron chi connectivity index (χ3n) is 6.10. The number of carbonyl (C=O) groups excluding carboxylic acids is 2. The predicted molar refractivity (Wildman–Crippen MR) is 120 cm³/mol. The van der Waals surface area contributed by atoms with Gasteiger partial charge in [0.25, 0.3) is 0 Å². The summed E-state index contributed by atoms with van der Waals surface area (Å²) in [5.74, 6) is 0.261. The minimum Gasteiger partial charge on any atom is -0.350 e. The monoisotopic (exact) mass is 412 g/mol.